The Balaban J connectivity index is 2.42. The van der Waals surface area contributed by atoms with E-state index < -0.39 is 0 Å². The summed E-state index contributed by atoms with van der Waals surface area (Å²) in [6, 6.07) is 4.10. The minimum atomic E-state index is 0.661. The van der Waals surface area contributed by atoms with Crippen LogP contribution in [-0.2, 0) is 5.33 Å². The zero-order valence-corrected chi connectivity index (χ0v) is 8.71. The molecule has 66 valence electrons. The summed E-state index contributed by atoms with van der Waals surface area (Å²) in [7, 11) is 0. The van der Waals surface area contributed by atoms with Gasteiger partial charge < -0.3 is 0 Å². The highest BCUT2D eigenvalue weighted by atomic mass is 79.9. The van der Waals surface area contributed by atoms with Gasteiger partial charge in [0.25, 0.3) is 0 Å². The van der Waals surface area contributed by atoms with Crippen molar-refractivity contribution < 1.29 is 0 Å². The highest BCUT2D eigenvalue weighted by Crippen LogP contribution is 2.41. The molecule has 1 saturated carbocycles. The molecule has 2 rings (SSSR count). The predicted molar refractivity (Wildman–Crippen MR) is 53.6 cm³/mol. The van der Waals surface area contributed by atoms with E-state index in [0.29, 0.717) is 11.5 Å². The molecule has 0 bridgehead atoms. The molecule has 0 radical (unpaired) electrons. The van der Waals surface area contributed by atoms with Crippen molar-refractivity contribution in [3.63, 3.8) is 0 Å². The molecule has 1 fully saturated rings. The second-order valence-electron chi connectivity index (χ2n) is 3.28. The van der Waals surface area contributed by atoms with Crippen LogP contribution in [0.2, 0.25) is 0 Å². The summed E-state index contributed by atoms with van der Waals surface area (Å²) in [5.74, 6) is 0.661. The molecule has 1 aromatic rings. The van der Waals surface area contributed by atoms with Crippen LogP contribution >= 0.6 is 15.9 Å². The standard InChI is InChI=1S/C10H9BrN2/c11-4-10-9(8-1-2-8)3-7(5-12)6-13-10/h3,6,8H,1-2,4H2. The van der Waals surface area contributed by atoms with Gasteiger partial charge in [-0.05, 0) is 30.4 Å². The Bertz CT molecular complexity index is 364. The number of hydrogen-bond acceptors (Lipinski definition) is 2. The molecule has 0 saturated heterocycles. The summed E-state index contributed by atoms with van der Waals surface area (Å²) in [5.41, 5.74) is 3.02. The van der Waals surface area contributed by atoms with Crippen molar-refractivity contribution in [1.82, 2.24) is 4.98 Å². The average molecular weight is 237 g/mol. The fraction of sp³-hybridized carbons (Fsp3) is 0.400. The van der Waals surface area contributed by atoms with Crippen LogP contribution in [0.3, 0.4) is 0 Å². The summed E-state index contributed by atoms with van der Waals surface area (Å²) < 4.78 is 0. The second-order valence-corrected chi connectivity index (χ2v) is 3.84. The SMILES string of the molecule is N#Cc1cnc(CBr)c(C2CC2)c1. The van der Waals surface area contributed by atoms with Gasteiger partial charge >= 0.3 is 0 Å². The van der Waals surface area contributed by atoms with Crippen molar-refractivity contribution in [2.45, 2.75) is 24.1 Å². The maximum atomic E-state index is 8.73. The summed E-state index contributed by atoms with van der Waals surface area (Å²) in [4.78, 5) is 4.26. The third-order valence-electron chi connectivity index (χ3n) is 2.28. The van der Waals surface area contributed by atoms with Gasteiger partial charge in [0.15, 0.2) is 0 Å². The van der Waals surface area contributed by atoms with Gasteiger partial charge in [-0.25, -0.2) is 0 Å². The molecule has 0 unspecified atom stereocenters. The predicted octanol–water partition coefficient (Wildman–Crippen LogP) is 2.73. The lowest BCUT2D eigenvalue weighted by Gasteiger charge is -2.04. The Morgan fingerprint density at radius 2 is 2.38 bits per heavy atom. The number of pyridine rings is 1. The topological polar surface area (TPSA) is 36.7 Å². The molecule has 0 aliphatic heterocycles. The lowest BCUT2D eigenvalue weighted by molar-refractivity contribution is 1.03. The van der Waals surface area contributed by atoms with Gasteiger partial charge in [-0.3, -0.25) is 4.98 Å². The van der Waals surface area contributed by atoms with E-state index in [1.165, 1.54) is 18.4 Å². The fourth-order valence-electron chi connectivity index (χ4n) is 1.43. The van der Waals surface area contributed by atoms with Gasteiger partial charge in [-0.15, -0.1) is 0 Å². The Morgan fingerprint density at radius 1 is 1.62 bits per heavy atom. The largest absolute Gasteiger partial charge is 0.259 e. The Kier molecular flexibility index (Phi) is 2.32. The van der Waals surface area contributed by atoms with Crippen molar-refractivity contribution in [2.24, 2.45) is 0 Å². The van der Waals surface area contributed by atoms with Crippen LogP contribution in [0.5, 0.6) is 0 Å². The molecular weight excluding hydrogens is 228 g/mol. The third kappa shape index (κ3) is 1.73. The van der Waals surface area contributed by atoms with Gasteiger partial charge in [0.05, 0.1) is 11.3 Å². The maximum absolute atomic E-state index is 8.73. The first-order chi connectivity index (χ1) is 6.35. The third-order valence-corrected chi connectivity index (χ3v) is 2.81. The quantitative estimate of drug-likeness (QED) is 0.741. The van der Waals surface area contributed by atoms with Crippen LogP contribution in [0, 0.1) is 11.3 Å². The zero-order valence-electron chi connectivity index (χ0n) is 7.13. The van der Waals surface area contributed by atoms with E-state index in [9.17, 15) is 0 Å². The van der Waals surface area contributed by atoms with Gasteiger partial charge in [-0.2, -0.15) is 5.26 Å². The lowest BCUT2D eigenvalue weighted by atomic mass is 10.1. The van der Waals surface area contributed by atoms with Gasteiger partial charge in [0.1, 0.15) is 6.07 Å². The van der Waals surface area contributed by atoms with Crippen molar-refractivity contribution in [3.8, 4) is 6.07 Å². The number of aromatic nitrogens is 1. The molecule has 13 heavy (non-hydrogen) atoms. The minimum absolute atomic E-state index is 0.661. The van der Waals surface area contributed by atoms with Gasteiger partial charge in [0, 0.05) is 11.5 Å². The molecule has 1 heterocycles. The van der Waals surface area contributed by atoms with Crippen molar-refractivity contribution in [1.29, 1.82) is 5.26 Å². The average Bonchev–Trinajstić information content (AvgIpc) is 3.00. The van der Waals surface area contributed by atoms with E-state index in [1.807, 2.05) is 6.07 Å². The summed E-state index contributed by atoms with van der Waals surface area (Å²) >= 11 is 3.41. The molecule has 0 aromatic carbocycles. The van der Waals surface area contributed by atoms with Gasteiger partial charge in [-0.1, -0.05) is 15.9 Å². The monoisotopic (exact) mass is 236 g/mol. The number of halogens is 1. The van der Waals surface area contributed by atoms with E-state index in [1.54, 1.807) is 6.20 Å². The van der Waals surface area contributed by atoms with Crippen LogP contribution < -0.4 is 0 Å². The van der Waals surface area contributed by atoms with Crippen LogP contribution in [0.4, 0.5) is 0 Å². The highest BCUT2D eigenvalue weighted by Gasteiger charge is 2.26. The Hall–Kier alpha value is -0.880. The first kappa shape index (κ1) is 8.71. The first-order valence-corrected chi connectivity index (χ1v) is 5.42. The molecule has 1 aromatic heterocycles. The second kappa shape index (κ2) is 3.47. The highest BCUT2D eigenvalue weighted by molar-refractivity contribution is 9.08. The molecule has 0 amide bonds. The van der Waals surface area contributed by atoms with E-state index in [2.05, 4.69) is 27.0 Å². The molecule has 0 atom stereocenters. The molecular formula is C10H9BrN2. The van der Waals surface area contributed by atoms with Crippen molar-refractivity contribution >= 4 is 15.9 Å². The van der Waals surface area contributed by atoms with E-state index in [-0.39, 0.29) is 0 Å². The minimum Gasteiger partial charge on any atom is -0.259 e. The summed E-state index contributed by atoms with van der Waals surface area (Å²) in [6.45, 7) is 0. The fourth-order valence-corrected chi connectivity index (χ4v) is 1.90. The van der Waals surface area contributed by atoms with Gasteiger partial charge in [0.2, 0.25) is 0 Å². The van der Waals surface area contributed by atoms with E-state index in [0.717, 1.165) is 11.0 Å². The lowest BCUT2D eigenvalue weighted by Crippen LogP contribution is -1.94. The summed E-state index contributed by atoms with van der Waals surface area (Å²) in [6.07, 6.45) is 4.13. The molecule has 2 nitrogen and oxygen atoms in total. The smallest absolute Gasteiger partial charge is 0.101 e. The Labute approximate surface area is 85.7 Å². The van der Waals surface area contributed by atoms with Crippen LogP contribution in [-0.4, -0.2) is 4.98 Å². The molecule has 0 N–H and O–H groups in total. The molecule has 3 heteroatoms. The van der Waals surface area contributed by atoms with E-state index in [4.69, 9.17) is 5.26 Å². The van der Waals surface area contributed by atoms with Crippen molar-refractivity contribution in [2.75, 3.05) is 0 Å². The van der Waals surface area contributed by atoms with Crippen LogP contribution in [0.15, 0.2) is 12.3 Å². The number of nitriles is 1. The van der Waals surface area contributed by atoms with E-state index >= 15 is 0 Å². The first-order valence-electron chi connectivity index (χ1n) is 4.30. The molecule has 1 aliphatic rings. The number of hydrogen-bond donors (Lipinski definition) is 0. The normalized spacial score (nSPS) is 15.4. The summed E-state index contributed by atoms with van der Waals surface area (Å²) in [5, 5.41) is 9.51. The zero-order chi connectivity index (χ0) is 9.26. The molecule has 1 aliphatic carbocycles. The number of rotatable bonds is 2. The Morgan fingerprint density at radius 3 is 2.92 bits per heavy atom. The molecule has 0 spiro atoms. The number of nitrogens with zero attached hydrogens (tertiary/aromatic N) is 2. The van der Waals surface area contributed by atoms with Crippen LogP contribution in [0.25, 0.3) is 0 Å². The number of alkyl halides is 1. The maximum Gasteiger partial charge on any atom is 0.101 e. The van der Waals surface area contributed by atoms with Crippen molar-refractivity contribution in [3.05, 3.63) is 29.1 Å². The van der Waals surface area contributed by atoms with Crippen LogP contribution in [0.1, 0.15) is 35.6 Å².